The van der Waals surface area contributed by atoms with Gasteiger partial charge in [0, 0.05) is 24.2 Å². The molecule has 0 unspecified atom stereocenters. The van der Waals surface area contributed by atoms with Crippen molar-refractivity contribution in [2.24, 2.45) is 9.98 Å². The molecule has 0 saturated carbocycles. The Labute approximate surface area is 290 Å². The molecule has 0 radical (unpaired) electrons. The highest BCUT2D eigenvalue weighted by atomic mass is 19.4. The number of aryl methyl sites for hydroxylation is 2. The normalized spacial score (nSPS) is 14.8. The van der Waals surface area contributed by atoms with Crippen LogP contribution in [-0.4, -0.2) is 41.2 Å². The second kappa shape index (κ2) is 15.0. The Morgan fingerprint density at radius 3 is 1.57 bits per heavy atom. The molecular formula is C42H49F3N4. The second-order valence-electron chi connectivity index (χ2n) is 14.1. The van der Waals surface area contributed by atoms with Crippen LogP contribution in [0.15, 0.2) is 94.9 Å². The van der Waals surface area contributed by atoms with Gasteiger partial charge in [0.2, 0.25) is 0 Å². The van der Waals surface area contributed by atoms with E-state index in [4.69, 9.17) is 9.98 Å². The second-order valence-corrected chi connectivity index (χ2v) is 14.1. The Balaban J connectivity index is 1.68. The van der Waals surface area contributed by atoms with Crippen LogP contribution < -0.4 is 0 Å². The molecule has 4 aromatic carbocycles. The zero-order valence-corrected chi connectivity index (χ0v) is 30.1. The van der Waals surface area contributed by atoms with Crippen LogP contribution in [0.3, 0.4) is 0 Å². The lowest BCUT2D eigenvalue weighted by molar-refractivity contribution is -0.137. The maximum absolute atomic E-state index is 13.7. The third-order valence-electron chi connectivity index (χ3n) is 9.28. The Kier molecular flexibility index (Phi) is 11.0. The molecule has 4 nitrogen and oxygen atoms in total. The summed E-state index contributed by atoms with van der Waals surface area (Å²) in [7, 11) is 0. The number of nitrogens with zero attached hydrogens (tertiary/aromatic N) is 4. The monoisotopic (exact) mass is 666 g/mol. The quantitative estimate of drug-likeness (QED) is 0.145. The van der Waals surface area contributed by atoms with Crippen molar-refractivity contribution >= 4 is 23.0 Å². The van der Waals surface area contributed by atoms with Gasteiger partial charge in [0.1, 0.15) is 11.7 Å². The van der Waals surface area contributed by atoms with Crippen molar-refractivity contribution in [3.05, 3.63) is 129 Å². The van der Waals surface area contributed by atoms with Crippen molar-refractivity contribution < 1.29 is 13.2 Å². The van der Waals surface area contributed by atoms with Gasteiger partial charge in [-0.3, -0.25) is 0 Å². The lowest BCUT2D eigenvalue weighted by atomic mass is 9.87. The maximum Gasteiger partial charge on any atom is 0.416 e. The Morgan fingerprint density at radius 1 is 0.612 bits per heavy atom. The minimum Gasteiger partial charge on any atom is -0.338 e. The topological polar surface area (TPSA) is 31.2 Å². The van der Waals surface area contributed by atoms with Gasteiger partial charge in [0.15, 0.2) is 0 Å². The van der Waals surface area contributed by atoms with Gasteiger partial charge in [-0.05, 0) is 78.0 Å². The SMILES string of the molecule is Cc1cccc(C)c1N=C(c1ccccc1)N1CCCN(C(=Nc2c(C(C)C)cc(C(C)C)cc2C(C)C)c2ccc(C(F)(F)F)cc2)C1. The highest BCUT2D eigenvalue weighted by molar-refractivity contribution is 6.03. The summed E-state index contributed by atoms with van der Waals surface area (Å²) in [5.41, 5.74) is 8.61. The largest absolute Gasteiger partial charge is 0.416 e. The number of alkyl halides is 3. The van der Waals surface area contributed by atoms with Crippen LogP contribution in [0.4, 0.5) is 24.5 Å². The van der Waals surface area contributed by atoms with Crippen LogP contribution in [0.2, 0.25) is 0 Å². The van der Waals surface area contributed by atoms with E-state index in [0.717, 1.165) is 58.0 Å². The average molecular weight is 667 g/mol. The van der Waals surface area contributed by atoms with Crippen LogP contribution in [-0.2, 0) is 6.18 Å². The van der Waals surface area contributed by atoms with Gasteiger partial charge in [-0.1, -0.05) is 114 Å². The highest BCUT2D eigenvalue weighted by Gasteiger charge is 2.31. The molecule has 49 heavy (non-hydrogen) atoms. The number of aliphatic imine (C=N–C) groups is 2. The van der Waals surface area contributed by atoms with Crippen LogP contribution in [0.1, 0.15) is 110 Å². The Hall–Kier alpha value is -4.39. The van der Waals surface area contributed by atoms with Gasteiger partial charge in [-0.25, -0.2) is 9.98 Å². The van der Waals surface area contributed by atoms with E-state index in [1.807, 2.05) is 24.3 Å². The van der Waals surface area contributed by atoms with E-state index in [2.05, 4.69) is 102 Å². The van der Waals surface area contributed by atoms with Crippen molar-refractivity contribution in [2.75, 3.05) is 19.8 Å². The fourth-order valence-corrected chi connectivity index (χ4v) is 6.42. The van der Waals surface area contributed by atoms with Crippen LogP contribution in [0.25, 0.3) is 0 Å². The number of benzene rings is 4. The molecule has 0 aliphatic carbocycles. The molecule has 0 spiro atoms. The number of rotatable bonds is 7. The fourth-order valence-electron chi connectivity index (χ4n) is 6.42. The molecule has 4 aromatic rings. The third kappa shape index (κ3) is 8.26. The van der Waals surface area contributed by atoms with Gasteiger partial charge < -0.3 is 9.80 Å². The Bertz CT molecular complexity index is 1750. The van der Waals surface area contributed by atoms with Crippen LogP contribution >= 0.6 is 0 Å². The van der Waals surface area contributed by atoms with E-state index in [-0.39, 0.29) is 11.8 Å². The van der Waals surface area contributed by atoms with Crippen molar-refractivity contribution in [3.63, 3.8) is 0 Å². The van der Waals surface area contributed by atoms with E-state index >= 15 is 0 Å². The van der Waals surface area contributed by atoms with Crippen LogP contribution in [0, 0.1) is 13.8 Å². The number of halogens is 3. The lowest BCUT2D eigenvalue weighted by Gasteiger charge is -2.39. The zero-order chi connectivity index (χ0) is 35.5. The highest BCUT2D eigenvalue weighted by Crippen LogP contribution is 2.39. The summed E-state index contributed by atoms with van der Waals surface area (Å²) in [6, 6.07) is 26.4. The molecular weight excluding hydrogens is 617 g/mol. The number of hydrogen-bond donors (Lipinski definition) is 0. The average Bonchev–Trinajstić information content (AvgIpc) is 3.06. The summed E-state index contributed by atoms with van der Waals surface area (Å²) in [6.07, 6.45) is -3.59. The Morgan fingerprint density at radius 2 is 1.10 bits per heavy atom. The molecule has 7 heteroatoms. The van der Waals surface area contributed by atoms with Crippen molar-refractivity contribution in [3.8, 4) is 0 Å². The van der Waals surface area contributed by atoms with Crippen LogP contribution in [0.5, 0.6) is 0 Å². The molecule has 0 atom stereocenters. The lowest BCUT2D eigenvalue weighted by Crippen LogP contribution is -2.50. The summed E-state index contributed by atoms with van der Waals surface area (Å²) in [5.74, 6) is 2.29. The van der Waals surface area contributed by atoms with E-state index < -0.39 is 11.7 Å². The summed E-state index contributed by atoms with van der Waals surface area (Å²) >= 11 is 0. The smallest absolute Gasteiger partial charge is 0.338 e. The molecule has 1 heterocycles. The van der Waals surface area contributed by atoms with Crippen molar-refractivity contribution in [2.45, 2.75) is 85.7 Å². The molecule has 1 aliphatic rings. The van der Waals surface area contributed by atoms with Gasteiger partial charge in [0.25, 0.3) is 0 Å². The molecule has 1 aliphatic heterocycles. The van der Waals surface area contributed by atoms with Gasteiger partial charge >= 0.3 is 6.18 Å². The van der Waals surface area contributed by atoms with E-state index in [9.17, 15) is 13.2 Å². The number of para-hydroxylation sites is 1. The van der Waals surface area contributed by atoms with E-state index in [0.29, 0.717) is 30.5 Å². The molecule has 0 N–H and O–H groups in total. The maximum atomic E-state index is 13.7. The van der Waals surface area contributed by atoms with Gasteiger partial charge in [0.05, 0.1) is 23.6 Å². The standard InChI is InChI=1S/C42H49F3N4/c1-27(2)34-24-36(28(3)4)39(37(25-34)29(5)6)47-41(33-18-20-35(21-19-33)42(43,44)45)49-23-13-22-48(26-49)40(32-16-10-9-11-17-32)46-38-30(7)14-12-15-31(38)8/h9-12,14-21,24-25,27-29H,13,22-23,26H2,1-8H3. The minimum absolute atomic E-state index is 0.204. The first-order valence-corrected chi connectivity index (χ1v) is 17.4. The third-order valence-corrected chi connectivity index (χ3v) is 9.28. The summed E-state index contributed by atoms with van der Waals surface area (Å²) in [6.45, 7) is 19.3. The van der Waals surface area contributed by atoms with Crippen molar-refractivity contribution in [1.29, 1.82) is 0 Å². The molecule has 1 saturated heterocycles. The molecule has 0 bridgehead atoms. The summed E-state index contributed by atoms with van der Waals surface area (Å²) in [4.78, 5) is 15.2. The molecule has 0 aromatic heterocycles. The zero-order valence-electron chi connectivity index (χ0n) is 30.1. The van der Waals surface area contributed by atoms with Gasteiger partial charge in [-0.15, -0.1) is 0 Å². The van der Waals surface area contributed by atoms with Crippen molar-refractivity contribution in [1.82, 2.24) is 9.80 Å². The summed E-state index contributed by atoms with van der Waals surface area (Å²) in [5, 5.41) is 0. The first kappa shape index (κ1) is 35.9. The molecule has 5 rings (SSSR count). The van der Waals surface area contributed by atoms with E-state index in [1.54, 1.807) is 12.1 Å². The first-order chi connectivity index (χ1) is 23.2. The van der Waals surface area contributed by atoms with E-state index in [1.165, 1.54) is 17.7 Å². The summed E-state index contributed by atoms with van der Waals surface area (Å²) < 4.78 is 41.1. The minimum atomic E-state index is -4.42. The van der Waals surface area contributed by atoms with Gasteiger partial charge in [-0.2, -0.15) is 13.2 Å². The predicted molar refractivity (Wildman–Crippen MR) is 198 cm³/mol. The number of amidine groups is 2. The fraction of sp³-hybridized carbons (Fsp3) is 0.381. The molecule has 258 valence electrons. The molecule has 0 amide bonds. The predicted octanol–water partition coefficient (Wildman–Crippen LogP) is 11.5. The first-order valence-electron chi connectivity index (χ1n) is 17.4. The number of hydrogen-bond acceptors (Lipinski definition) is 2. The molecule has 1 fully saturated rings.